The number of hydrogen-bond acceptors (Lipinski definition) is 6. The Morgan fingerprint density at radius 3 is 2.77 bits per heavy atom. The van der Waals surface area contributed by atoms with Gasteiger partial charge in [0.2, 0.25) is 5.91 Å². The largest absolute Gasteiger partial charge is 0.489 e. The molecule has 3 unspecified atom stereocenters. The van der Waals surface area contributed by atoms with E-state index in [9.17, 15) is 9.59 Å². The van der Waals surface area contributed by atoms with Gasteiger partial charge in [-0.1, -0.05) is 13.0 Å². The first kappa shape index (κ1) is 24.3. The topological polar surface area (TPSA) is 89.1 Å². The zero-order valence-electron chi connectivity index (χ0n) is 20.6. The highest BCUT2D eigenvalue weighted by Gasteiger charge is 2.39. The van der Waals surface area contributed by atoms with E-state index >= 15 is 0 Å². The lowest BCUT2D eigenvalue weighted by atomic mass is 9.89. The summed E-state index contributed by atoms with van der Waals surface area (Å²) in [5, 5.41) is 6.54. The van der Waals surface area contributed by atoms with Crippen LogP contribution in [-0.2, 0) is 20.8 Å². The first-order valence-corrected chi connectivity index (χ1v) is 12.9. The number of nitrogens with one attached hydrogen (secondary N) is 2. The molecule has 2 saturated heterocycles. The predicted molar refractivity (Wildman–Crippen MR) is 131 cm³/mol. The Hall–Kier alpha value is -2.42. The smallest absolute Gasteiger partial charge is 0.255 e. The van der Waals surface area contributed by atoms with Gasteiger partial charge in [0.05, 0.1) is 5.60 Å². The summed E-state index contributed by atoms with van der Waals surface area (Å²) in [4.78, 5) is 27.2. The van der Waals surface area contributed by atoms with Crippen LogP contribution in [0.15, 0.2) is 30.5 Å². The van der Waals surface area contributed by atoms with E-state index in [1.54, 1.807) is 12.0 Å². The van der Waals surface area contributed by atoms with Crippen molar-refractivity contribution in [2.45, 2.75) is 81.7 Å². The van der Waals surface area contributed by atoms with Gasteiger partial charge in [0.1, 0.15) is 17.9 Å². The van der Waals surface area contributed by atoms with E-state index in [1.165, 1.54) is 6.42 Å². The Morgan fingerprint density at radius 2 is 2.00 bits per heavy atom. The molecule has 2 amide bonds. The molecule has 0 bridgehead atoms. The summed E-state index contributed by atoms with van der Waals surface area (Å²) in [5.74, 6) is 0.553. The molecule has 8 heteroatoms. The number of benzene rings is 1. The minimum atomic E-state index is -0.449. The van der Waals surface area contributed by atoms with Crippen molar-refractivity contribution < 1.29 is 23.8 Å². The van der Waals surface area contributed by atoms with Crippen LogP contribution in [0.2, 0.25) is 0 Å². The van der Waals surface area contributed by atoms with Gasteiger partial charge >= 0.3 is 0 Å². The molecule has 5 rings (SSSR count). The first-order valence-electron chi connectivity index (χ1n) is 12.9. The van der Waals surface area contributed by atoms with Gasteiger partial charge in [0, 0.05) is 63.6 Å². The molecule has 0 aromatic heterocycles. The molecule has 1 aromatic rings. The van der Waals surface area contributed by atoms with Gasteiger partial charge in [-0.25, -0.2) is 0 Å². The van der Waals surface area contributed by atoms with Crippen LogP contribution < -0.4 is 15.4 Å². The zero-order chi connectivity index (χ0) is 24.4. The molecule has 8 nitrogen and oxygen atoms in total. The molecule has 190 valence electrons. The van der Waals surface area contributed by atoms with Crippen LogP contribution in [-0.4, -0.2) is 67.4 Å². The van der Waals surface area contributed by atoms with E-state index < -0.39 is 6.04 Å². The zero-order valence-corrected chi connectivity index (χ0v) is 20.6. The van der Waals surface area contributed by atoms with Gasteiger partial charge < -0.3 is 29.7 Å². The predicted octanol–water partition coefficient (Wildman–Crippen LogP) is 2.91. The maximum Gasteiger partial charge on any atom is 0.255 e. The molecule has 4 aliphatic rings. The highest BCUT2D eigenvalue weighted by molar-refractivity contribution is 6.01. The second kappa shape index (κ2) is 10.3. The van der Waals surface area contributed by atoms with E-state index in [1.807, 2.05) is 18.2 Å². The second-order valence-corrected chi connectivity index (χ2v) is 10.3. The molecular weight excluding hydrogens is 446 g/mol. The van der Waals surface area contributed by atoms with Crippen LogP contribution in [0, 0.1) is 0 Å². The minimum absolute atomic E-state index is 0.0684. The third-order valence-corrected chi connectivity index (χ3v) is 8.12. The number of amides is 2. The van der Waals surface area contributed by atoms with Crippen molar-refractivity contribution in [3.05, 3.63) is 41.6 Å². The van der Waals surface area contributed by atoms with E-state index in [4.69, 9.17) is 14.2 Å². The summed E-state index contributed by atoms with van der Waals surface area (Å²) in [7, 11) is 1.80. The Kier molecular flexibility index (Phi) is 7.14. The first-order chi connectivity index (χ1) is 17.0. The molecule has 3 heterocycles. The number of methoxy groups -OCH3 is 1. The Balaban J connectivity index is 1.24. The summed E-state index contributed by atoms with van der Waals surface area (Å²) < 4.78 is 17.9. The van der Waals surface area contributed by atoms with E-state index in [0.717, 1.165) is 68.9 Å². The highest BCUT2D eigenvalue weighted by Crippen LogP contribution is 2.33. The standard InChI is InChI=1S/C27H37N3O5/c1-18-7-10-23(25(31)29-18)30-16-19-15-20(8-9-21(19)26(30)32)35-24-6-4-3-5-22(24)28-17-27(33-2)11-13-34-14-12-27/h8-9,15,22-24,28H,1,3-7,10-14,16-17H2,2H3,(H,29,31). The molecular formula is C27H37N3O5. The fourth-order valence-electron chi connectivity index (χ4n) is 5.86. The minimum Gasteiger partial charge on any atom is -0.489 e. The summed E-state index contributed by atoms with van der Waals surface area (Å²) >= 11 is 0. The fourth-order valence-corrected chi connectivity index (χ4v) is 5.86. The molecule has 0 spiro atoms. The average Bonchev–Trinajstić information content (AvgIpc) is 3.19. The Bertz CT molecular complexity index is 974. The molecule has 1 saturated carbocycles. The van der Waals surface area contributed by atoms with Crippen molar-refractivity contribution in [3.8, 4) is 5.75 Å². The molecule has 2 N–H and O–H groups in total. The summed E-state index contributed by atoms with van der Waals surface area (Å²) in [6.07, 6.45) is 7.56. The van der Waals surface area contributed by atoms with Gasteiger partial charge in [0.15, 0.2) is 0 Å². The van der Waals surface area contributed by atoms with Crippen LogP contribution in [0.1, 0.15) is 67.3 Å². The molecule has 1 aromatic carbocycles. The molecule has 1 aliphatic carbocycles. The number of fused-ring (bicyclic) bond motifs is 1. The number of hydrogen-bond donors (Lipinski definition) is 2. The quantitative estimate of drug-likeness (QED) is 0.620. The summed E-state index contributed by atoms with van der Waals surface area (Å²) in [6, 6.07) is 5.52. The average molecular weight is 484 g/mol. The lowest BCUT2D eigenvalue weighted by molar-refractivity contribution is -0.126. The van der Waals surface area contributed by atoms with Crippen LogP contribution in [0.5, 0.6) is 5.75 Å². The molecule has 0 radical (unpaired) electrons. The van der Waals surface area contributed by atoms with Crippen LogP contribution in [0.3, 0.4) is 0 Å². The lowest BCUT2D eigenvalue weighted by Gasteiger charge is -2.39. The monoisotopic (exact) mass is 483 g/mol. The Morgan fingerprint density at radius 1 is 1.20 bits per heavy atom. The third kappa shape index (κ3) is 5.10. The molecule has 3 aliphatic heterocycles. The van der Waals surface area contributed by atoms with Gasteiger partial charge in [-0.2, -0.15) is 0 Å². The van der Waals surface area contributed by atoms with Crippen molar-refractivity contribution in [3.63, 3.8) is 0 Å². The fraction of sp³-hybridized carbons (Fsp3) is 0.630. The molecule has 35 heavy (non-hydrogen) atoms. The van der Waals surface area contributed by atoms with Gasteiger partial charge in [-0.15, -0.1) is 0 Å². The van der Waals surface area contributed by atoms with Gasteiger partial charge in [-0.3, -0.25) is 9.59 Å². The second-order valence-electron chi connectivity index (χ2n) is 10.3. The number of nitrogens with zero attached hydrogens (tertiary/aromatic N) is 1. The van der Waals surface area contributed by atoms with Crippen LogP contribution in [0.25, 0.3) is 0 Å². The van der Waals surface area contributed by atoms with Gasteiger partial charge in [-0.05, 0) is 55.9 Å². The normalized spacial score (nSPS) is 28.5. The molecule has 3 atom stereocenters. The van der Waals surface area contributed by atoms with E-state index in [0.29, 0.717) is 24.9 Å². The van der Waals surface area contributed by atoms with Crippen molar-refractivity contribution >= 4 is 11.8 Å². The summed E-state index contributed by atoms with van der Waals surface area (Å²) in [5.41, 5.74) is 2.13. The van der Waals surface area contributed by atoms with Crippen LogP contribution >= 0.6 is 0 Å². The number of carbonyl (C=O) groups is 2. The number of ether oxygens (including phenoxy) is 3. The maximum absolute atomic E-state index is 13.0. The Labute approximate surface area is 207 Å². The number of rotatable bonds is 7. The van der Waals surface area contributed by atoms with Gasteiger partial charge in [0.25, 0.3) is 5.91 Å². The van der Waals surface area contributed by atoms with E-state index in [2.05, 4.69) is 17.2 Å². The molecule has 3 fully saturated rings. The third-order valence-electron chi connectivity index (χ3n) is 8.12. The van der Waals surface area contributed by atoms with E-state index in [-0.39, 0.29) is 29.6 Å². The van der Waals surface area contributed by atoms with Crippen molar-refractivity contribution in [1.82, 2.24) is 15.5 Å². The SMILES string of the molecule is C=C1CCC(N2Cc3cc(OC4CCCCC4NCC4(OC)CCOCC4)ccc3C2=O)C(=O)N1. The summed E-state index contributed by atoms with van der Waals surface area (Å²) in [6.45, 7) is 6.54. The van der Waals surface area contributed by atoms with Crippen molar-refractivity contribution in [2.75, 3.05) is 26.9 Å². The highest BCUT2D eigenvalue weighted by atomic mass is 16.5. The number of piperidine rings is 1. The lowest BCUT2D eigenvalue weighted by Crippen LogP contribution is -2.53. The van der Waals surface area contributed by atoms with Crippen molar-refractivity contribution in [1.29, 1.82) is 0 Å². The van der Waals surface area contributed by atoms with Crippen LogP contribution in [0.4, 0.5) is 0 Å². The number of allylic oxidation sites excluding steroid dienone is 1. The maximum atomic E-state index is 13.0. The number of carbonyl (C=O) groups excluding carboxylic acids is 2. The van der Waals surface area contributed by atoms with Crippen molar-refractivity contribution in [2.24, 2.45) is 0 Å².